The molecule has 2 fully saturated rings. The summed E-state index contributed by atoms with van der Waals surface area (Å²) < 4.78 is 1.91. The maximum absolute atomic E-state index is 12.5. The van der Waals surface area contributed by atoms with Crippen molar-refractivity contribution < 1.29 is 4.79 Å². The Morgan fingerprint density at radius 2 is 1.80 bits per heavy atom. The molecule has 1 saturated heterocycles. The number of nitrogens with zero attached hydrogens (tertiary/aromatic N) is 3. The van der Waals surface area contributed by atoms with Crippen LogP contribution in [0, 0.1) is 19.8 Å². The molecule has 1 aromatic heterocycles. The lowest BCUT2D eigenvalue weighted by atomic mass is 10.0. The lowest BCUT2D eigenvalue weighted by molar-refractivity contribution is -0.132. The Hall–Kier alpha value is -0.780. The van der Waals surface area contributed by atoms with Crippen LogP contribution in [0.2, 0.25) is 0 Å². The maximum atomic E-state index is 12.5. The van der Waals surface area contributed by atoms with Crippen LogP contribution in [0.5, 0.6) is 0 Å². The molecule has 25 heavy (non-hydrogen) atoms. The normalized spacial score (nSPS) is 17.8. The molecule has 2 aliphatic rings. The van der Waals surface area contributed by atoms with E-state index in [1.807, 2.05) is 18.7 Å². The Balaban J connectivity index is 0.00000156. The third kappa shape index (κ3) is 5.87. The third-order valence-corrected chi connectivity index (χ3v) is 5.49. The summed E-state index contributed by atoms with van der Waals surface area (Å²) in [5.41, 5.74) is 3.47. The molecule has 3 rings (SSSR count). The third-order valence-electron chi connectivity index (χ3n) is 5.49. The molecule has 1 aromatic rings. The van der Waals surface area contributed by atoms with Crippen molar-refractivity contribution in [2.24, 2.45) is 13.0 Å². The second-order valence-corrected chi connectivity index (χ2v) is 7.28. The lowest BCUT2D eigenvalue weighted by Crippen LogP contribution is -2.45. The molecule has 1 N–H and O–H groups in total. The predicted octanol–water partition coefficient (Wildman–Crippen LogP) is 2.80. The molecule has 0 aromatic carbocycles. The van der Waals surface area contributed by atoms with Crippen LogP contribution in [0.25, 0.3) is 0 Å². The van der Waals surface area contributed by atoms with Gasteiger partial charge in [-0.15, -0.1) is 24.8 Å². The van der Waals surface area contributed by atoms with Crippen LogP contribution in [-0.2, 0) is 18.3 Å². The van der Waals surface area contributed by atoms with E-state index in [0.29, 0.717) is 18.4 Å². The number of carbonyl (C=O) groups excluding carboxylic acids is 1. The predicted molar refractivity (Wildman–Crippen MR) is 106 cm³/mol. The van der Waals surface area contributed by atoms with Gasteiger partial charge in [0.15, 0.2) is 0 Å². The van der Waals surface area contributed by atoms with Crippen LogP contribution >= 0.6 is 24.8 Å². The quantitative estimate of drug-likeness (QED) is 0.812. The molecule has 7 heteroatoms. The van der Waals surface area contributed by atoms with Crippen LogP contribution in [0.15, 0.2) is 0 Å². The van der Waals surface area contributed by atoms with Gasteiger partial charge < -0.3 is 10.2 Å². The molecule has 5 nitrogen and oxygen atoms in total. The van der Waals surface area contributed by atoms with Gasteiger partial charge in [-0.25, -0.2) is 0 Å². The molecule has 0 unspecified atom stereocenters. The van der Waals surface area contributed by atoms with E-state index in [2.05, 4.69) is 22.2 Å². The van der Waals surface area contributed by atoms with Crippen molar-refractivity contribution in [3.8, 4) is 0 Å². The van der Waals surface area contributed by atoms with E-state index >= 15 is 0 Å². The highest BCUT2D eigenvalue weighted by atomic mass is 35.5. The molecule has 1 aliphatic carbocycles. The SMILES string of the molecule is Cc1nn(C)c(C)c1CCC(=O)N1CCC(NCC2CC2)CC1.Cl.Cl. The van der Waals surface area contributed by atoms with Gasteiger partial charge in [-0.05, 0) is 64.0 Å². The van der Waals surface area contributed by atoms with Crippen molar-refractivity contribution in [1.82, 2.24) is 20.0 Å². The van der Waals surface area contributed by atoms with Gasteiger partial charge in [0.1, 0.15) is 0 Å². The summed E-state index contributed by atoms with van der Waals surface area (Å²) in [4.78, 5) is 14.5. The van der Waals surface area contributed by atoms with Crippen molar-refractivity contribution in [2.75, 3.05) is 19.6 Å². The van der Waals surface area contributed by atoms with Crippen LogP contribution in [0.4, 0.5) is 0 Å². The number of rotatable bonds is 6. The summed E-state index contributed by atoms with van der Waals surface area (Å²) in [5.74, 6) is 1.23. The minimum Gasteiger partial charge on any atom is -0.343 e. The summed E-state index contributed by atoms with van der Waals surface area (Å²) >= 11 is 0. The van der Waals surface area contributed by atoms with E-state index in [9.17, 15) is 4.79 Å². The van der Waals surface area contributed by atoms with Gasteiger partial charge in [-0.2, -0.15) is 5.10 Å². The number of aromatic nitrogens is 2. The standard InChI is InChI=1S/C18H30N4O.2ClH/c1-13-17(14(2)21(3)20-13)6-7-18(23)22-10-8-16(9-11-22)19-12-15-4-5-15;;/h15-16,19H,4-12H2,1-3H3;2*1H. The first-order valence-corrected chi connectivity index (χ1v) is 9.05. The van der Waals surface area contributed by atoms with E-state index in [4.69, 9.17) is 0 Å². The Morgan fingerprint density at radius 3 is 2.32 bits per heavy atom. The molecule has 0 radical (unpaired) electrons. The summed E-state index contributed by atoms with van der Waals surface area (Å²) in [5, 5.41) is 8.10. The summed E-state index contributed by atoms with van der Waals surface area (Å²) in [6.45, 7) is 7.11. The van der Waals surface area contributed by atoms with Gasteiger partial charge in [-0.1, -0.05) is 0 Å². The lowest BCUT2D eigenvalue weighted by Gasteiger charge is -2.32. The van der Waals surface area contributed by atoms with Gasteiger partial charge in [0.2, 0.25) is 5.91 Å². The number of aryl methyl sites for hydroxylation is 2. The fourth-order valence-corrected chi connectivity index (χ4v) is 3.56. The minimum absolute atomic E-state index is 0. The number of nitrogens with one attached hydrogen (secondary N) is 1. The largest absolute Gasteiger partial charge is 0.343 e. The molecule has 1 amide bonds. The van der Waals surface area contributed by atoms with Crippen molar-refractivity contribution in [3.63, 3.8) is 0 Å². The molecule has 2 heterocycles. The first kappa shape index (κ1) is 22.3. The Kier molecular flexibility index (Phi) is 8.72. The van der Waals surface area contributed by atoms with E-state index in [1.54, 1.807) is 0 Å². The molecule has 0 atom stereocenters. The van der Waals surface area contributed by atoms with Crippen molar-refractivity contribution in [3.05, 3.63) is 17.0 Å². The van der Waals surface area contributed by atoms with Crippen LogP contribution in [0.1, 0.15) is 49.1 Å². The molecule has 0 bridgehead atoms. The highest BCUT2D eigenvalue weighted by Crippen LogP contribution is 2.28. The van der Waals surface area contributed by atoms with Crippen molar-refractivity contribution >= 4 is 30.7 Å². The smallest absolute Gasteiger partial charge is 0.222 e. The molecule has 144 valence electrons. The molecular formula is C18H32Cl2N4O. The van der Waals surface area contributed by atoms with E-state index in [1.165, 1.54) is 30.6 Å². The Morgan fingerprint density at radius 1 is 1.16 bits per heavy atom. The number of amides is 1. The summed E-state index contributed by atoms with van der Waals surface area (Å²) in [6.07, 6.45) is 6.42. The van der Waals surface area contributed by atoms with Gasteiger partial charge in [0, 0.05) is 38.3 Å². The minimum atomic E-state index is 0. The average molecular weight is 391 g/mol. The number of hydrogen-bond donors (Lipinski definition) is 1. The van der Waals surface area contributed by atoms with Crippen LogP contribution in [0.3, 0.4) is 0 Å². The van der Waals surface area contributed by atoms with E-state index in [-0.39, 0.29) is 24.8 Å². The molecule has 0 spiro atoms. The van der Waals surface area contributed by atoms with E-state index < -0.39 is 0 Å². The highest BCUT2D eigenvalue weighted by Gasteiger charge is 2.26. The zero-order valence-corrected chi connectivity index (χ0v) is 17.2. The monoisotopic (exact) mass is 390 g/mol. The number of carbonyl (C=O) groups is 1. The summed E-state index contributed by atoms with van der Waals surface area (Å²) in [6, 6.07) is 0.613. The van der Waals surface area contributed by atoms with Crippen LogP contribution < -0.4 is 5.32 Å². The first-order valence-electron chi connectivity index (χ1n) is 9.05. The number of halogens is 2. The second-order valence-electron chi connectivity index (χ2n) is 7.28. The first-order chi connectivity index (χ1) is 11.0. The molecular weight excluding hydrogens is 359 g/mol. The Labute approximate surface area is 163 Å². The summed E-state index contributed by atoms with van der Waals surface area (Å²) in [7, 11) is 1.97. The second kappa shape index (κ2) is 9.79. The van der Waals surface area contributed by atoms with Gasteiger partial charge in [0.05, 0.1) is 5.69 Å². The highest BCUT2D eigenvalue weighted by molar-refractivity contribution is 5.85. The van der Waals surface area contributed by atoms with Gasteiger partial charge in [-0.3, -0.25) is 9.48 Å². The van der Waals surface area contributed by atoms with Crippen molar-refractivity contribution in [1.29, 1.82) is 0 Å². The fourth-order valence-electron chi connectivity index (χ4n) is 3.56. The number of piperidine rings is 1. The van der Waals surface area contributed by atoms with Gasteiger partial charge in [0.25, 0.3) is 0 Å². The fraction of sp³-hybridized carbons (Fsp3) is 0.778. The average Bonchev–Trinajstić information content (AvgIpc) is 3.33. The topological polar surface area (TPSA) is 50.2 Å². The van der Waals surface area contributed by atoms with E-state index in [0.717, 1.165) is 44.0 Å². The molecule has 1 aliphatic heterocycles. The number of likely N-dealkylation sites (tertiary alicyclic amines) is 1. The van der Waals surface area contributed by atoms with Gasteiger partial charge >= 0.3 is 0 Å². The Bertz CT molecular complexity index is 564. The maximum Gasteiger partial charge on any atom is 0.222 e. The molecule has 1 saturated carbocycles. The van der Waals surface area contributed by atoms with Crippen molar-refractivity contribution in [2.45, 2.75) is 58.4 Å². The zero-order valence-electron chi connectivity index (χ0n) is 15.6. The zero-order chi connectivity index (χ0) is 16.4. The number of hydrogen-bond acceptors (Lipinski definition) is 3. The van der Waals surface area contributed by atoms with Crippen LogP contribution in [-0.4, -0.2) is 46.3 Å².